The van der Waals surface area contributed by atoms with E-state index in [2.05, 4.69) is 44.2 Å². The summed E-state index contributed by atoms with van der Waals surface area (Å²) < 4.78 is 0. The Morgan fingerprint density at radius 1 is 0.875 bits per heavy atom. The van der Waals surface area contributed by atoms with Gasteiger partial charge in [0.2, 0.25) is 0 Å². The van der Waals surface area contributed by atoms with Crippen LogP contribution in [0.15, 0.2) is 30.3 Å². The van der Waals surface area contributed by atoms with Crippen molar-refractivity contribution >= 4 is 6.71 Å². The maximum absolute atomic E-state index is 2.57. The molecule has 3 aliphatic carbocycles. The van der Waals surface area contributed by atoms with Gasteiger partial charge in [0, 0.05) is 0 Å². The second-order valence-electron chi connectivity index (χ2n) is 10.2. The highest BCUT2D eigenvalue weighted by atomic mass is 14.6. The minimum Gasteiger partial charge on any atom is -0.0622 e. The number of hydrogen-bond donors (Lipinski definition) is 0. The minimum atomic E-state index is 0.584. The maximum atomic E-state index is 2.57. The lowest BCUT2D eigenvalue weighted by Gasteiger charge is -2.64. The lowest BCUT2D eigenvalue weighted by molar-refractivity contribution is -0.0811. The molecule has 0 N–H and O–H groups in total. The third-order valence-corrected chi connectivity index (χ3v) is 9.07. The Balaban J connectivity index is 1.52. The number of hydrogen-bond acceptors (Lipinski definition) is 0. The summed E-state index contributed by atoms with van der Waals surface area (Å²) in [6, 6.07) is 11.7. The topological polar surface area (TPSA) is 0 Å². The first-order valence-electron chi connectivity index (χ1n) is 10.7. The van der Waals surface area contributed by atoms with Gasteiger partial charge in [-0.3, -0.25) is 0 Å². The van der Waals surface area contributed by atoms with E-state index in [-0.39, 0.29) is 0 Å². The van der Waals surface area contributed by atoms with Crippen molar-refractivity contribution < 1.29 is 0 Å². The smallest absolute Gasteiger partial charge is 0.0622 e. The molecule has 128 valence electrons. The van der Waals surface area contributed by atoms with Crippen molar-refractivity contribution in [3.63, 3.8) is 0 Å². The number of benzene rings is 1. The standard InChI is InChI=1S/C23H33B/c1-23(2)17-14-20(23)22(16-8-4-3-5-9-16)21(15-17)24-18-10-6-7-11-19(24)13-12-18/h3-5,8-9,17-22H,6-7,10-15H2,1-2H3/t17-,18-,19+,20+,21+,22?/m0/s1. The zero-order valence-corrected chi connectivity index (χ0v) is 15.6. The van der Waals surface area contributed by atoms with Gasteiger partial charge in [0.25, 0.3) is 0 Å². The molecular formula is C23H33B. The SMILES string of the molecule is CC1(C)[C@H]2C[C@@H]1C(c1ccccc1)[C@H](B1[C@@H]3CCCC[C@H]1CC3)C2. The molecule has 1 aromatic carbocycles. The van der Waals surface area contributed by atoms with Crippen LogP contribution in [0, 0.1) is 17.3 Å². The molecule has 3 saturated carbocycles. The third-order valence-electron chi connectivity index (χ3n) is 9.07. The van der Waals surface area contributed by atoms with Crippen LogP contribution < -0.4 is 0 Å². The Bertz CT molecular complexity index is 577. The second-order valence-corrected chi connectivity index (χ2v) is 10.2. The molecule has 0 aromatic heterocycles. The van der Waals surface area contributed by atoms with Gasteiger partial charge in [-0.2, -0.15) is 0 Å². The van der Waals surface area contributed by atoms with Gasteiger partial charge in [-0.05, 0) is 35.2 Å². The molecule has 2 saturated heterocycles. The Hall–Kier alpha value is -0.715. The highest BCUT2D eigenvalue weighted by Gasteiger charge is 2.61. The Labute approximate surface area is 148 Å². The maximum Gasteiger partial charge on any atom is 0.150 e. The second kappa shape index (κ2) is 5.65. The molecule has 5 fully saturated rings. The van der Waals surface area contributed by atoms with Crippen molar-refractivity contribution in [2.75, 3.05) is 0 Å². The fourth-order valence-corrected chi connectivity index (χ4v) is 7.77. The summed E-state index contributed by atoms with van der Waals surface area (Å²) in [5.41, 5.74) is 2.25. The summed E-state index contributed by atoms with van der Waals surface area (Å²) >= 11 is 0. The van der Waals surface area contributed by atoms with Crippen molar-refractivity contribution in [3.05, 3.63) is 35.9 Å². The van der Waals surface area contributed by atoms with Gasteiger partial charge in [-0.25, -0.2) is 0 Å². The van der Waals surface area contributed by atoms with E-state index in [1.807, 2.05) is 0 Å². The van der Waals surface area contributed by atoms with Gasteiger partial charge in [-0.15, -0.1) is 0 Å². The Morgan fingerprint density at radius 2 is 1.54 bits per heavy atom. The normalized spacial score (nSPS) is 43.2. The monoisotopic (exact) mass is 320 g/mol. The van der Waals surface area contributed by atoms with Crippen molar-refractivity contribution in [2.45, 2.75) is 88.6 Å². The first kappa shape index (κ1) is 15.5. The molecule has 6 atom stereocenters. The van der Waals surface area contributed by atoms with E-state index in [9.17, 15) is 0 Å². The van der Waals surface area contributed by atoms with E-state index in [0.717, 1.165) is 41.9 Å². The molecular weight excluding hydrogens is 287 g/mol. The van der Waals surface area contributed by atoms with Crippen LogP contribution in [-0.4, -0.2) is 6.71 Å². The largest absolute Gasteiger partial charge is 0.150 e. The van der Waals surface area contributed by atoms with Crippen LogP contribution in [0.2, 0.25) is 17.5 Å². The molecule has 0 nitrogen and oxygen atoms in total. The summed E-state index contributed by atoms with van der Waals surface area (Å²) in [4.78, 5) is 0. The Kier molecular flexibility index (Phi) is 3.65. The lowest BCUT2D eigenvalue weighted by atomic mass is 9.23. The van der Waals surface area contributed by atoms with Gasteiger partial charge in [0.15, 0.2) is 0 Å². The fourth-order valence-electron chi connectivity index (χ4n) is 7.77. The molecule has 0 radical (unpaired) electrons. The average Bonchev–Trinajstić information content (AvgIpc) is 2.87. The average molecular weight is 320 g/mol. The van der Waals surface area contributed by atoms with Crippen molar-refractivity contribution in [1.29, 1.82) is 0 Å². The molecule has 5 aliphatic rings. The molecule has 2 heterocycles. The lowest BCUT2D eigenvalue weighted by Crippen LogP contribution is -2.55. The molecule has 24 heavy (non-hydrogen) atoms. The van der Waals surface area contributed by atoms with Crippen molar-refractivity contribution in [2.24, 2.45) is 17.3 Å². The predicted octanol–water partition coefficient (Wildman–Crippen LogP) is 6.81. The summed E-state index contributed by atoms with van der Waals surface area (Å²) in [6.07, 6.45) is 12.2. The Morgan fingerprint density at radius 3 is 2.17 bits per heavy atom. The number of fused-ring (bicyclic) bond motifs is 5. The molecule has 2 aliphatic heterocycles. The van der Waals surface area contributed by atoms with Crippen LogP contribution in [0.25, 0.3) is 0 Å². The van der Waals surface area contributed by atoms with E-state index in [0.29, 0.717) is 5.41 Å². The fraction of sp³-hybridized carbons (Fsp3) is 0.739. The molecule has 1 aromatic rings. The van der Waals surface area contributed by atoms with Crippen LogP contribution >= 0.6 is 0 Å². The predicted molar refractivity (Wildman–Crippen MR) is 104 cm³/mol. The zero-order chi connectivity index (χ0) is 16.3. The molecule has 0 amide bonds. The minimum absolute atomic E-state index is 0.584. The van der Waals surface area contributed by atoms with Gasteiger partial charge >= 0.3 is 0 Å². The van der Waals surface area contributed by atoms with Gasteiger partial charge in [-0.1, -0.05) is 107 Å². The van der Waals surface area contributed by atoms with Gasteiger partial charge in [0.1, 0.15) is 6.71 Å². The first-order chi connectivity index (χ1) is 11.7. The summed E-state index contributed by atoms with van der Waals surface area (Å²) in [7, 11) is 0. The van der Waals surface area contributed by atoms with Crippen LogP contribution in [0.4, 0.5) is 0 Å². The van der Waals surface area contributed by atoms with Crippen LogP contribution in [0.5, 0.6) is 0 Å². The third kappa shape index (κ3) is 2.19. The van der Waals surface area contributed by atoms with Crippen molar-refractivity contribution in [1.82, 2.24) is 0 Å². The molecule has 4 bridgehead atoms. The summed E-state index contributed by atoms with van der Waals surface area (Å²) in [5.74, 6) is 5.90. The van der Waals surface area contributed by atoms with Crippen molar-refractivity contribution in [3.8, 4) is 0 Å². The quantitative estimate of drug-likeness (QED) is 0.525. The van der Waals surface area contributed by atoms with Crippen LogP contribution in [-0.2, 0) is 0 Å². The van der Waals surface area contributed by atoms with Gasteiger partial charge < -0.3 is 0 Å². The highest BCUT2D eigenvalue weighted by molar-refractivity contribution is 6.64. The van der Waals surface area contributed by atoms with Crippen LogP contribution in [0.3, 0.4) is 0 Å². The zero-order valence-electron chi connectivity index (χ0n) is 15.6. The van der Waals surface area contributed by atoms with E-state index in [1.54, 1.807) is 18.4 Å². The summed E-state index contributed by atoms with van der Waals surface area (Å²) in [6.45, 7) is 6.19. The summed E-state index contributed by atoms with van der Waals surface area (Å²) in [5, 5.41) is 0. The molecule has 0 spiro atoms. The van der Waals surface area contributed by atoms with E-state index in [1.165, 1.54) is 38.5 Å². The van der Waals surface area contributed by atoms with Gasteiger partial charge in [0.05, 0.1) is 0 Å². The first-order valence-corrected chi connectivity index (χ1v) is 10.7. The van der Waals surface area contributed by atoms with E-state index >= 15 is 0 Å². The molecule has 6 rings (SSSR count). The highest BCUT2D eigenvalue weighted by Crippen LogP contribution is 2.70. The van der Waals surface area contributed by atoms with Crippen LogP contribution in [0.1, 0.15) is 76.7 Å². The molecule has 1 unspecified atom stereocenters. The van der Waals surface area contributed by atoms with E-state index < -0.39 is 0 Å². The molecule has 1 heteroatoms. The van der Waals surface area contributed by atoms with E-state index in [4.69, 9.17) is 0 Å². The number of rotatable bonds is 2.